The number of hydrogen-bond acceptors (Lipinski definition) is 4. The van der Waals surface area contributed by atoms with E-state index in [2.05, 4.69) is 0 Å². The molecule has 0 atom stereocenters. The van der Waals surface area contributed by atoms with Gasteiger partial charge in [-0.05, 0) is 48.9 Å². The summed E-state index contributed by atoms with van der Waals surface area (Å²) < 4.78 is 0. The minimum Gasteiger partial charge on any atom is -0.331 e. The SMILES string of the molecule is CSc1ccc(C(=O)N(Cc2ccc(Cl)cc2)C2CC2)cc1[N+](=O)[O-]. The van der Waals surface area contributed by atoms with Crippen LogP contribution in [-0.4, -0.2) is 28.0 Å². The Hall–Kier alpha value is -2.05. The molecule has 0 bridgehead atoms. The van der Waals surface area contributed by atoms with E-state index in [1.807, 2.05) is 12.1 Å². The lowest BCUT2D eigenvalue weighted by molar-refractivity contribution is -0.387. The quantitative estimate of drug-likeness (QED) is 0.413. The molecule has 1 aliphatic carbocycles. The smallest absolute Gasteiger partial charge is 0.283 e. The molecule has 25 heavy (non-hydrogen) atoms. The highest BCUT2D eigenvalue weighted by Crippen LogP contribution is 2.32. The van der Waals surface area contributed by atoms with Crippen LogP contribution in [0.3, 0.4) is 0 Å². The molecule has 2 aromatic rings. The summed E-state index contributed by atoms with van der Waals surface area (Å²) in [7, 11) is 0. The predicted molar refractivity (Wildman–Crippen MR) is 99.2 cm³/mol. The second kappa shape index (κ2) is 7.45. The number of benzene rings is 2. The zero-order chi connectivity index (χ0) is 18.0. The first-order valence-corrected chi connectivity index (χ1v) is 9.47. The number of nitro groups is 1. The average Bonchev–Trinajstić information content (AvgIpc) is 3.45. The normalized spacial score (nSPS) is 13.5. The number of thioether (sulfide) groups is 1. The van der Waals surface area contributed by atoms with Gasteiger partial charge < -0.3 is 4.90 Å². The van der Waals surface area contributed by atoms with E-state index in [-0.39, 0.29) is 17.6 Å². The Morgan fingerprint density at radius 3 is 2.52 bits per heavy atom. The monoisotopic (exact) mass is 376 g/mol. The molecule has 0 heterocycles. The van der Waals surface area contributed by atoms with Gasteiger partial charge in [-0.15, -0.1) is 11.8 Å². The minimum atomic E-state index is -0.441. The van der Waals surface area contributed by atoms with Crippen molar-refractivity contribution in [2.24, 2.45) is 0 Å². The van der Waals surface area contributed by atoms with Crippen molar-refractivity contribution < 1.29 is 9.72 Å². The van der Waals surface area contributed by atoms with E-state index in [0.717, 1.165) is 18.4 Å². The first kappa shape index (κ1) is 17.8. The summed E-state index contributed by atoms with van der Waals surface area (Å²) in [5.74, 6) is -0.173. The van der Waals surface area contributed by atoms with Gasteiger partial charge in [0.05, 0.1) is 9.82 Å². The molecular weight excluding hydrogens is 360 g/mol. The number of amides is 1. The van der Waals surface area contributed by atoms with Gasteiger partial charge in [-0.3, -0.25) is 14.9 Å². The second-order valence-electron chi connectivity index (χ2n) is 5.93. The molecule has 1 amide bonds. The Morgan fingerprint density at radius 1 is 1.28 bits per heavy atom. The molecule has 3 rings (SSSR count). The van der Waals surface area contributed by atoms with E-state index in [1.165, 1.54) is 17.8 Å². The fraction of sp³-hybridized carbons (Fsp3) is 0.278. The molecule has 2 aromatic carbocycles. The van der Waals surface area contributed by atoms with E-state index in [1.54, 1.807) is 35.4 Å². The van der Waals surface area contributed by atoms with E-state index in [9.17, 15) is 14.9 Å². The number of nitrogens with zero attached hydrogens (tertiary/aromatic N) is 2. The van der Waals surface area contributed by atoms with Gasteiger partial charge in [-0.25, -0.2) is 0 Å². The molecule has 0 aromatic heterocycles. The zero-order valence-electron chi connectivity index (χ0n) is 13.6. The van der Waals surface area contributed by atoms with Crippen molar-refractivity contribution in [2.45, 2.75) is 30.3 Å². The van der Waals surface area contributed by atoms with Gasteiger partial charge in [0, 0.05) is 29.2 Å². The molecule has 130 valence electrons. The van der Waals surface area contributed by atoms with Crippen LogP contribution in [0.25, 0.3) is 0 Å². The fourth-order valence-corrected chi connectivity index (χ4v) is 3.34. The van der Waals surface area contributed by atoms with Crippen LogP contribution in [0.2, 0.25) is 5.02 Å². The lowest BCUT2D eigenvalue weighted by atomic mass is 10.1. The van der Waals surface area contributed by atoms with E-state index >= 15 is 0 Å². The van der Waals surface area contributed by atoms with Crippen LogP contribution in [-0.2, 0) is 6.54 Å². The summed E-state index contributed by atoms with van der Waals surface area (Å²) in [6, 6.07) is 12.3. The molecule has 0 aliphatic heterocycles. The molecule has 0 radical (unpaired) electrons. The van der Waals surface area contributed by atoms with Crippen molar-refractivity contribution in [3.05, 3.63) is 68.7 Å². The standard InChI is InChI=1S/C18H17ClN2O3S/c1-25-17-9-4-13(10-16(17)21(23)24)18(22)20(15-7-8-15)11-12-2-5-14(19)6-3-12/h2-6,9-10,15H,7-8,11H2,1H3. The molecule has 0 unspecified atom stereocenters. The Labute approximate surface area is 155 Å². The topological polar surface area (TPSA) is 63.5 Å². The Morgan fingerprint density at radius 2 is 1.96 bits per heavy atom. The lowest BCUT2D eigenvalue weighted by Gasteiger charge is -2.23. The summed E-state index contributed by atoms with van der Waals surface area (Å²) in [5, 5.41) is 11.9. The fourth-order valence-electron chi connectivity index (χ4n) is 2.67. The molecule has 1 fully saturated rings. The summed E-state index contributed by atoms with van der Waals surface area (Å²) in [6.45, 7) is 0.471. The molecular formula is C18H17ClN2O3S. The van der Waals surface area contributed by atoms with Crippen LogP contribution in [0.15, 0.2) is 47.4 Å². The molecule has 0 spiro atoms. The molecule has 0 saturated heterocycles. The van der Waals surface area contributed by atoms with Crippen LogP contribution >= 0.6 is 23.4 Å². The lowest BCUT2D eigenvalue weighted by Crippen LogP contribution is -2.32. The van der Waals surface area contributed by atoms with Crippen molar-refractivity contribution in [1.29, 1.82) is 0 Å². The van der Waals surface area contributed by atoms with Crippen LogP contribution in [0, 0.1) is 10.1 Å². The van der Waals surface area contributed by atoms with Gasteiger partial charge in [0.25, 0.3) is 11.6 Å². The van der Waals surface area contributed by atoms with Gasteiger partial charge >= 0.3 is 0 Å². The van der Waals surface area contributed by atoms with Crippen LogP contribution in [0.4, 0.5) is 5.69 Å². The highest BCUT2D eigenvalue weighted by atomic mass is 35.5. The molecule has 1 aliphatic rings. The van der Waals surface area contributed by atoms with Gasteiger partial charge in [0.1, 0.15) is 0 Å². The summed E-state index contributed by atoms with van der Waals surface area (Å²) in [5.41, 5.74) is 1.31. The van der Waals surface area contributed by atoms with E-state index in [4.69, 9.17) is 11.6 Å². The van der Waals surface area contributed by atoms with Gasteiger partial charge in [-0.1, -0.05) is 23.7 Å². The number of halogens is 1. The maximum atomic E-state index is 12.9. The maximum Gasteiger partial charge on any atom is 0.283 e. The Balaban J connectivity index is 1.87. The third-order valence-electron chi connectivity index (χ3n) is 4.14. The summed E-state index contributed by atoms with van der Waals surface area (Å²) >= 11 is 7.21. The molecule has 0 N–H and O–H groups in total. The summed E-state index contributed by atoms with van der Waals surface area (Å²) in [6.07, 6.45) is 3.70. The predicted octanol–water partition coefficient (Wildman–Crippen LogP) is 4.77. The number of nitro benzene ring substituents is 1. The molecule has 7 heteroatoms. The first-order valence-electron chi connectivity index (χ1n) is 7.87. The van der Waals surface area contributed by atoms with Crippen LogP contribution in [0.5, 0.6) is 0 Å². The Kier molecular flexibility index (Phi) is 5.30. The van der Waals surface area contributed by atoms with Crippen molar-refractivity contribution in [1.82, 2.24) is 4.90 Å². The number of rotatable bonds is 6. The minimum absolute atomic E-state index is 0.0272. The average molecular weight is 377 g/mol. The zero-order valence-corrected chi connectivity index (χ0v) is 15.2. The van der Waals surface area contributed by atoms with Crippen molar-refractivity contribution in [3.63, 3.8) is 0 Å². The van der Waals surface area contributed by atoms with Gasteiger partial charge in [0.2, 0.25) is 0 Å². The van der Waals surface area contributed by atoms with Crippen molar-refractivity contribution in [3.8, 4) is 0 Å². The number of hydrogen-bond donors (Lipinski definition) is 0. The van der Waals surface area contributed by atoms with Gasteiger partial charge in [0.15, 0.2) is 0 Å². The van der Waals surface area contributed by atoms with E-state index in [0.29, 0.717) is 22.0 Å². The largest absolute Gasteiger partial charge is 0.331 e. The van der Waals surface area contributed by atoms with Crippen molar-refractivity contribution >= 4 is 35.0 Å². The van der Waals surface area contributed by atoms with Gasteiger partial charge in [-0.2, -0.15) is 0 Å². The third kappa shape index (κ3) is 4.14. The van der Waals surface area contributed by atoms with Crippen molar-refractivity contribution in [2.75, 3.05) is 6.26 Å². The number of carbonyl (C=O) groups is 1. The highest BCUT2D eigenvalue weighted by Gasteiger charge is 2.33. The molecule has 5 nitrogen and oxygen atoms in total. The second-order valence-corrected chi connectivity index (χ2v) is 7.22. The Bertz CT molecular complexity index is 806. The summed E-state index contributed by atoms with van der Waals surface area (Å²) in [4.78, 5) is 26.1. The highest BCUT2D eigenvalue weighted by molar-refractivity contribution is 7.98. The third-order valence-corrected chi connectivity index (χ3v) is 5.17. The maximum absolute atomic E-state index is 12.9. The van der Waals surface area contributed by atoms with Crippen LogP contribution in [0.1, 0.15) is 28.8 Å². The molecule has 1 saturated carbocycles. The number of carbonyl (C=O) groups excluding carboxylic acids is 1. The first-order chi connectivity index (χ1) is 12.0. The van der Waals surface area contributed by atoms with E-state index < -0.39 is 4.92 Å². The van der Waals surface area contributed by atoms with Crippen LogP contribution < -0.4 is 0 Å².